The molecule has 0 saturated carbocycles. The van der Waals surface area contributed by atoms with Crippen LogP contribution in [-0.2, 0) is 4.79 Å². The molecule has 0 aromatic carbocycles. The number of hydrogen-bond acceptors (Lipinski definition) is 1. The molecule has 2 rings (SSSR count). The number of carboxylic acids is 1. The van der Waals surface area contributed by atoms with Gasteiger partial charge in [-0.15, -0.1) is 0 Å². The van der Waals surface area contributed by atoms with E-state index in [1.54, 1.807) is 0 Å². The van der Waals surface area contributed by atoms with E-state index in [2.05, 4.69) is 13.8 Å². The lowest BCUT2D eigenvalue weighted by atomic mass is 9.36. The van der Waals surface area contributed by atoms with Gasteiger partial charge in [0.05, 0.1) is 0 Å². The van der Waals surface area contributed by atoms with E-state index in [0.717, 1.165) is 5.57 Å². The highest BCUT2D eigenvalue weighted by atomic mass is 16.4. The Balaban J connectivity index is 2.61. The SMILES string of the molecule is CC1=C(C)[C@@]2(C)C(C(=O)O)=C(C)[C@@]12C. The summed E-state index contributed by atoms with van der Waals surface area (Å²) < 4.78 is 0. The average Bonchev–Trinajstić information content (AvgIpc) is 2.13. The molecule has 76 valence electrons. The van der Waals surface area contributed by atoms with Crippen LogP contribution in [0.3, 0.4) is 0 Å². The summed E-state index contributed by atoms with van der Waals surface area (Å²) in [4.78, 5) is 11.1. The van der Waals surface area contributed by atoms with Crippen molar-refractivity contribution in [1.82, 2.24) is 0 Å². The molecular weight excluding hydrogens is 176 g/mol. The molecule has 0 aromatic rings. The molecular formula is C12H16O2. The van der Waals surface area contributed by atoms with Crippen LogP contribution in [-0.4, -0.2) is 11.1 Å². The first-order valence-electron chi connectivity index (χ1n) is 4.93. The predicted molar refractivity (Wildman–Crippen MR) is 54.9 cm³/mol. The second-order valence-electron chi connectivity index (χ2n) is 4.81. The molecule has 0 saturated heterocycles. The molecule has 0 fully saturated rings. The summed E-state index contributed by atoms with van der Waals surface area (Å²) in [5, 5.41) is 9.13. The number of carbonyl (C=O) groups is 1. The number of fused-ring (bicyclic) bond motifs is 1. The number of allylic oxidation sites excluding steroid dienone is 3. The first kappa shape index (κ1) is 9.50. The first-order chi connectivity index (χ1) is 6.29. The monoisotopic (exact) mass is 192 g/mol. The largest absolute Gasteiger partial charge is 0.478 e. The number of hydrogen-bond donors (Lipinski definition) is 1. The molecule has 2 aliphatic carbocycles. The second kappa shape index (κ2) is 2.13. The quantitative estimate of drug-likeness (QED) is 0.648. The van der Waals surface area contributed by atoms with Gasteiger partial charge >= 0.3 is 5.97 Å². The van der Waals surface area contributed by atoms with Gasteiger partial charge in [-0.25, -0.2) is 4.79 Å². The van der Waals surface area contributed by atoms with Crippen molar-refractivity contribution in [3.05, 3.63) is 22.3 Å². The molecule has 2 atom stereocenters. The third kappa shape index (κ3) is 0.561. The molecule has 2 nitrogen and oxygen atoms in total. The van der Waals surface area contributed by atoms with E-state index in [-0.39, 0.29) is 10.8 Å². The number of rotatable bonds is 1. The standard InChI is InChI=1S/C12H16O2/c1-6-7(2)12(5)9(10(13)14)8(3)11(6,12)4/h1-5H3,(H,13,14)/t11-,12+/m1/s1. The Labute approximate surface area is 84.3 Å². The lowest BCUT2D eigenvalue weighted by Gasteiger charge is -2.66. The zero-order valence-corrected chi connectivity index (χ0v) is 9.36. The smallest absolute Gasteiger partial charge is 0.332 e. The summed E-state index contributed by atoms with van der Waals surface area (Å²) in [6, 6.07) is 0. The fraction of sp³-hybridized carbons (Fsp3) is 0.583. The molecule has 0 radical (unpaired) electrons. The number of aliphatic carboxylic acids is 1. The maximum atomic E-state index is 11.1. The van der Waals surface area contributed by atoms with Gasteiger partial charge in [0.25, 0.3) is 0 Å². The van der Waals surface area contributed by atoms with Gasteiger partial charge in [0.15, 0.2) is 0 Å². The minimum absolute atomic E-state index is 0.0187. The van der Waals surface area contributed by atoms with Crippen LogP contribution in [0, 0.1) is 10.8 Å². The fourth-order valence-corrected chi connectivity index (χ4v) is 3.47. The summed E-state index contributed by atoms with van der Waals surface area (Å²) in [5.74, 6) is -0.755. The van der Waals surface area contributed by atoms with E-state index >= 15 is 0 Å². The van der Waals surface area contributed by atoms with Gasteiger partial charge in [0.1, 0.15) is 0 Å². The lowest BCUT2D eigenvalue weighted by molar-refractivity contribution is -0.136. The molecule has 1 N–H and O–H groups in total. The normalized spacial score (nSPS) is 40.4. The van der Waals surface area contributed by atoms with Crippen molar-refractivity contribution in [2.45, 2.75) is 34.6 Å². The minimum Gasteiger partial charge on any atom is -0.478 e. The van der Waals surface area contributed by atoms with Crippen LogP contribution in [0.1, 0.15) is 34.6 Å². The molecule has 0 aliphatic heterocycles. The van der Waals surface area contributed by atoms with Crippen molar-refractivity contribution in [2.75, 3.05) is 0 Å². The van der Waals surface area contributed by atoms with E-state index in [1.165, 1.54) is 11.1 Å². The molecule has 0 spiro atoms. The van der Waals surface area contributed by atoms with Crippen LogP contribution >= 0.6 is 0 Å². The van der Waals surface area contributed by atoms with E-state index in [9.17, 15) is 4.79 Å². The summed E-state index contributed by atoms with van der Waals surface area (Å²) in [7, 11) is 0. The Morgan fingerprint density at radius 1 is 1.00 bits per heavy atom. The van der Waals surface area contributed by atoms with Crippen molar-refractivity contribution < 1.29 is 9.90 Å². The highest BCUT2D eigenvalue weighted by Crippen LogP contribution is 2.74. The van der Waals surface area contributed by atoms with Gasteiger partial charge in [-0.3, -0.25) is 0 Å². The Morgan fingerprint density at radius 2 is 1.43 bits per heavy atom. The van der Waals surface area contributed by atoms with E-state index in [4.69, 9.17) is 5.11 Å². The average molecular weight is 192 g/mol. The molecule has 0 amide bonds. The highest BCUT2D eigenvalue weighted by Gasteiger charge is 2.67. The van der Waals surface area contributed by atoms with Gasteiger partial charge in [-0.2, -0.15) is 0 Å². The lowest BCUT2D eigenvalue weighted by Crippen LogP contribution is -2.60. The van der Waals surface area contributed by atoms with Gasteiger partial charge in [-0.05, 0) is 20.8 Å². The van der Waals surface area contributed by atoms with Crippen molar-refractivity contribution in [2.24, 2.45) is 10.8 Å². The summed E-state index contributed by atoms with van der Waals surface area (Å²) in [6.45, 7) is 10.3. The van der Waals surface area contributed by atoms with Crippen LogP contribution in [0.4, 0.5) is 0 Å². The maximum absolute atomic E-state index is 11.1. The molecule has 0 aromatic heterocycles. The molecule has 0 bridgehead atoms. The number of carboxylic acid groups (broad SMARTS) is 1. The summed E-state index contributed by atoms with van der Waals surface area (Å²) in [6.07, 6.45) is 0. The summed E-state index contributed by atoms with van der Waals surface area (Å²) >= 11 is 0. The van der Waals surface area contributed by atoms with Crippen molar-refractivity contribution in [1.29, 1.82) is 0 Å². The first-order valence-corrected chi connectivity index (χ1v) is 4.93. The van der Waals surface area contributed by atoms with E-state index in [1.807, 2.05) is 20.8 Å². The topological polar surface area (TPSA) is 37.3 Å². The van der Waals surface area contributed by atoms with E-state index < -0.39 is 5.97 Å². The zero-order chi connectivity index (χ0) is 10.9. The Bertz CT molecular complexity index is 414. The fourth-order valence-electron chi connectivity index (χ4n) is 3.47. The molecule has 0 heterocycles. The van der Waals surface area contributed by atoms with Gasteiger partial charge in [-0.1, -0.05) is 30.6 Å². The molecule has 2 aliphatic rings. The van der Waals surface area contributed by atoms with E-state index in [0.29, 0.717) is 5.57 Å². The van der Waals surface area contributed by atoms with Crippen LogP contribution < -0.4 is 0 Å². The summed E-state index contributed by atoms with van der Waals surface area (Å²) in [5.41, 5.74) is 4.06. The van der Waals surface area contributed by atoms with Gasteiger partial charge < -0.3 is 5.11 Å². The zero-order valence-electron chi connectivity index (χ0n) is 9.36. The van der Waals surface area contributed by atoms with Crippen molar-refractivity contribution in [3.63, 3.8) is 0 Å². The molecule has 14 heavy (non-hydrogen) atoms. The molecule has 0 unspecified atom stereocenters. The Hall–Kier alpha value is -1.05. The second-order valence-corrected chi connectivity index (χ2v) is 4.81. The third-order valence-electron chi connectivity index (χ3n) is 4.90. The van der Waals surface area contributed by atoms with Crippen molar-refractivity contribution >= 4 is 5.97 Å². The molecule has 2 heteroatoms. The van der Waals surface area contributed by atoms with Gasteiger partial charge in [0, 0.05) is 16.4 Å². The Kier molecular flexibility index (Phi) is 1.44. The predicted octanol–water partition coefficient (Wildman–Crippen LogP) is 2.76. The van der Waals surface area contributed by atoms with Crippen LogP contribution in [0.2, 0.25) is 0 Å². The van der Waals surface area contributed by atoms with Gasteiger partial charge in [0.2, 0.25) is 0 Å². The third-order valence-corrected chi connectivity index (χ3v) is 4.90. The maximum Gasteiger partial charge on any atom is 0.332 e. The minimum atomic E-state index is -0.755. The van der Waals surface area contributed by atoms with Crippen LogP contribution in [0.5, 0.6) is 0 Å². The van der Waals surface area contributed by atoms with Crippen LogP contribution in [0.15, 0.2) is 22.3 Å². The highest BCUT2D eigenvalue weighted by molar-refractivity contribution is 5.96. The van der Waals surface area contributed by atoms with Crippen molar-refractivity contribution in [3.8, 4) is 0 Å². The Morgan fingerprint density at radius 3 is 1.86 bits per heavy atom. The van der Waals surface area contributed by atoms with Crippen LogP contribution in [0.25, 0.3) is 0 Å².